The summed E-state index contributed by atoms with van der Waals surface area (Å²) in [5.74, 6) is -0.417. The first-order valence-electron chi connectivity index (χ1n) is 7.56. The summed E-state index contributed by atoms with van der Waals surface area (Å²) in [5, 5.41) is 10.5. The molecule has 0 fully saturated rings. The Balaban J connectivity index is 1.74. The standard InChI is InChI=1S/C17H20ClN3O2S/c1-11-8-12(2)16(14(18)9-11)20-10-15(22)21-17(23)19-6-5-13-4-3-7-24-13/h3-4,7-9,20H,5-6,10H2,1-2H3,(H2,19,21,22,23). The Labute approximate surface area is 150 Å². The molecule has 1 heterocycles. The van der Waals surface area contributed by atoms with E-state index in [1.54, 1.807) is 11.3 Å². The number of hydrogen-bond donors (Lipinski definition) is 3. The smallest absolute Gasteiger partial charge is 0.321 e. The van der Waals surface area contributed by atoms with Crippen molar-refractivity contribution in [1.82, 2.24) is 10.6 Å². The van der Waals surface area contributed by atoms with Crippen LogP contribution in [0.4, 0.5) is 10.5 Å². The van der Waals surface area contributed by atoms with E-state index in [4.69, 9.17) is 11.6 Å². The molecule has 24 heavy (non-hydrogen) atoms. The minimum Gasteiger partial charge on any atom is -0.375 e. The van der Waals surface area contributed by atoms with Crippen LogP contribution in [-0.4, -0.2) is 25.0 Å². The van der Waals surface area contributed by atoms with Gasteiger partial charge in [0, 0.05) is 11.4 Å². The van der Waals surface area contributed by atoms with Gasteiger partial charge < -0.3 is 10.6 Å². The Morgan fingerprint density at radius 3 is 2.71 bits per heavy atom. The maximum atomic E-state index is 11.8. The lowest BCUT2D eigenvalue weighted by Gasteiger charge is -2.12. The van der Waals surface area contributed by atoms with Crippen LogP contribution in [0.2, 0.25) is 5.02 Å². The normalized spacial score (nSPS) is 10.3. The Kier molecular flexibility index (Phi) is 6.63. The molecular formula is C17H20ClN3O2S. The van der Waals surface area contributed by atoms with Crippen LogP contribution >= 0.6 is 22.9 Å². The molecule has 0 unspecified atom stereocenters. The van der Waals surface area contributed by atoms with Gasteiger partial charge in [0.15, 0.2) is 0 Å². The molecule has 2 rings (SSSR count). The molecular weight excluding hydrogens is 346 g/mol. The van der Waals surface area contributed by atoms with Crippen molar-refractivity contribution in [2.75, 3.05) is 18.4 Å². The first-order chi connectivity index (χ1) is 11.5. The van der Waals surface area contributed by atoms with Gasteiger partial charge >= 0.3 is 6.03 Å². The van der Waals surface area contributed by atoms with E-state index in [2.05, 4.69) is 16.0 Å². The zero-order valence-corrected chi connectivity index (χ0v) is 15.2. The van der Waals surface area contributed by atoms with Crippen LogP contribution in [0.15, 0.2) is 29.6 Å². The molecule has 0 aliphatic rings. The number of halogens is 1. The number of urea groups is 1. The summed E-state index contributed by atoms with van der Waals surface area (Å²) < 4.78 is 0. The Morgan fingerprint density at radius 2 is 2.04 bits per heavy atom. The van der Waals surface area contributed by atoms with Crippen LogP contribution in [0, 0.1) is 13.8 Å². The third kappa shape index (κ3) is 5.54. The summed E-state index contributed by atoms with van der Waals surface area (Å²) in [6, 6.07) is 7.28. The number of imide groups is 1. The molecule has 1 aromatic heterocycles. The molecule has 7 heteroatoms. The predicted molar refractivity (Wildman–Crippen MR) is 99.0 cm³/mol. The first-order valence-corrected chi connectivity index (χ1v) is 8.82. The molecule has 0 aliphatic carbocycles. The highest BCUT2D eigenvalue weighted by Gasteiger charge is 2.10. The van der Waals surface area contributed by atoms with E-state index in [0.29, 0.717) is 17.3 Å². The van der Waals surface area contributed by atoms with Gasteiger partial charge in [-0.3, -0.25) is 10.1 Å². The molecule has 0 saturated carbocycles. The van der Waals surface area contributed by atoms with Gasteiger partial charge in [0.1, 0.15) is 0 Å². The van der Waals surface area contributed by atoms with Crippen molar-refractivity contribution in [3.05, 3.63) is 50.7 Å². The Hall–Kier alpha value is -2.05. The number of nitrogens with one attached hydrogen (secondary N) is 3. The van der Waals surface area contributed by atoms with Gasteiger partial charge in [-0.25, -0.2) is 4.79 Å². The average molecular weight is 366 g/mol. The van der Waals surface area contributed by atoms with Crippen LogP contribution < -0.4 is 16.0 Å². The number of hydrogen-bond acceptors (Lipinski definition) is 4. The molecule has 0 aliphatic heterocycles. The van der Waals surface area contributed by atoms with Gasteiger partial charge in [-0.15, -0.1) is 11.3 Å². The lowest BCUT2D eigenvalue weighted by Crippen LogP contribution is -2.42. The minimum absolute atomic E-state index is 0.0258. The monoisotopic (exact) mass is 365 g/mol. The second-order valence-electron chi connectivity index (χ2n) is 5.43. The highest BCUT2D eigenvalue weighted by atomic mass is 35.5. The fourth-order valence-corrected chi connectivity index (χ4v) is 3.37. The molecule has 0 bridgehead atoms. The number of carbonyl (C=O) groups is 2. The van der Waals surface area contributed by atoms with Crippen molar-refractivity contribution in [3.8, 4) is 0 Å². The van der Waals surface area contributed by atoms with Gasteiger partial charge in [0.2, 0.25) is 5.91 Å². The fourth-order valence-electron chi connectivity index (χ4n) is 2.28. The van der Waals surface area contributed by atoms with Crippen molar-refractivity contribution in [2.45, 2.75) is 20.3 Å². The predicted octanol–water partition coefficient (Wildman–Crippen LogP) is 3.50. The van der Waals surface area contributed by atoms with E-state index in [9.17, 15) is 9.59 Å². The molecule has 0 spiro atoms. The van der Waals surface area contributed by atoms with Gasteiger partial charge in [0.25, 0.3) is 0 Å². The minimum atomic E-state index is -0.495. The fraction of sp³-hybridized carbons (Fsp3) is 0.294. The van der Waals surface area contributed by atoms with Crippen molar-refractivity contribution < 1.29 is 9.59 Å². The Bertz CT molecular complexity index is 694. The molecule has 0 atom stereocenters. The van der Waals surface area contributed by atoms with Crippen LogP contribution in [0.3, 0.4) is 0 Å². The second-order valence-corrected chi connectivity index (χ2v) is 6.87. The van der Waals surface area contributed by atoms with E-state index in [0.717, 1.165) is 17.5 Å². The third-order valence-corrected chi connectivity index (χ3v) is 4.58. The van der Waals surface area contributed by atoms with Gasteiger partial charge in [0.05, 0.1) is 17.3 Å². The molecule has 3 N–H and O–H groups in total. The van der Waals surface area contributed by atoms with Crippen molar-refractivity contribution in [1.29, 1.82) is 0 Å². The van der Waals surface area contributed by atoms with Crippen LogP contribution in [0.1, 0.15) is 16.0 Å². The molecule has 3 amide bonds. The maximum absolute atomic E-state index is 11.8. The number of anilines is 1. The third-order valence-electron chi connectivity index (χ3n) is 3.35. The lowest BCUT2D eigenvalue weighted by atomic mass is 10.1. The second kappa shape index (κ2) is 8.70. The summed E-state index contributed by atoms with van der Waals surface area (Å²) in [6.45, 7) is 4.32. The SMILES string of the molecule is Cc1cc(C)c(NCC(=O)NC(=O)NCCc2cccs2)c(Cl)c1. The molecule has 5 nitrogen and oxygen atoms in total. The largest absolute Gasteiger partial charge is 0.375 e. The van der Waals surface area contributed by atoms with E-state index in [-0.39, 0.29) is 6.54 Å². The van der Waals surface area contributed by atoms with E-state index in [1.807, 2.05) is 43.5 Å². The van der Waals surface area contributed by atoms with Crippen LogP contribution in [-0.2, 0) is 11.2 Å². The zero-order valence-electron chi connectivity index (χ0n) is 13.6. The number of carbonyl (C=O) groups excluding carboxylic acids is 2. The molecule has 0 radical (unpaired) electrons. The van der Waals surface area contributed by atoms with Crippen LogP contribution in [0.25, 0.3) is 0 Å². The number of aryl methyl sites for hydroxylation is 2. The molecule has 0 saturated heterocycles. The zero-order chi connectivity index (χ0) is 17.5. The van der Waals surface area contributed by atoms with Crippen LogP contribution in [0.5, 0.6) is 0 Å². The van der Waals surface area contributed by atoms with Crippen molar-refractivity contribution in [2.24, 2.45) is 0 Å². The van der Waals surface area contributed by atoms with Gasteiger partial charge in [-0.05, 0) is 48.9 Å². The van der Waals surface area contributed by atoms with Gasteiger partial charge in [-0.2, -0.15) is 0 Å². The highest BCUT2D eigenvalue weighted by molar-refractivity contribution is 7.09. The van der Waals surface area contributed by atoms with Crippen molar-refractivity contribution in [3.63, 3.8) is 0 Å². The van der Waals surface area contributed by atoms with E-state index >= 15 is 0 Å². The van der Waals surface area contributed by atoms with Crippen molar-refractivity contribution >= 4 is 40.6 Å². The number of thiophene rings is 1. The molecule has 2 aromatic rings. The molecule has 128 valence electrons. The summed E-state index contributed by atoms with van der Waals surface area (Å²) in [6.07, 6.45) is 0.746. The number of amides is 3. The summed E-state index contributed by atoms with van der Waals surface area (Å²) in [7, 11) is 0. The van der Waals surface area contributed by atoms with Gasteiger partial charge in [-0.1, -0.05) is 23.7 Å². The summed E-state index contributed by atoms with van der Waals surface area (Å²) in [5.41, 5.74) is 2.71. The first kappa shape index (κ1) is 18.3. The molecule has 1 aromatic carbocycles. The topological polar surface area (TPSA) is 70.2 Å². The number of benzene rings is 1. The Morgan fingerprint density at radius 1 is 1.25 bits per heavy atom. The summed E-state index contributed by atoms with van der Waals surface area (Å²) in [4.78, 5) is 24.7. The highest BCUT2D eigenvalue weighted by Crippen LogP contribution is 2.26. The maximum Gasteiger partial charge on any atom is 0.321 e. The number of rotatable bonds is 6. The van der Waals surface area contributed by atoms with E-state index in [1.165, 1.54) is 4.88 Å². The lowest BCUT2D eigenvalue weighted by molar-refractivity contribution is -0.118. The average Bonchev–Trinajstić information content (AvgIpc) is 2.99. The quantitative estimate of drug-likeness (QED) is 0.733. The summed E-state index contributed by atoms with van der Waals surface area (Å²) >= 11 is 7.81. The van der Waals surface area contributed by atoms with E-state index < -0.39 is 11.9 Å².